The normalized spacial score (nSPS) is 19.4. The summed E-state index contributed by atoms with van der Waals surface area (Å²) in [6.45, 7) is 5.66. The predicted octanol–water partition coefficient (Wildman–Crippen LogP) is 1.27. The first kappa shape index (κ1) is 23.8. The van der Waals surface area contributed by atoms with E-state index in [-0.39, 0.29) is 29.8 Å². The fourth-order valence-corrected chi connectivity index (χ4v) is 5.11. The molecule has 12 heteroatoms. The molecule has 0 radical (unpaired) electrons. The predicted molar refractivity (Wildman–Crippen MR) is 119 cm³/mol. The van der Waals surface area contributed by atoms with Crippen molar-refractivity contribution < 1.29 is 18.0 Å². The van der Waals surface area contributed by atoms with Crippen LogP contribution in [0.2, 0.25) is 5.15 Å². The van der Waals surface area contributed by atoms with Crippen LogP contribution in [0.1, 0.15) is 29.0 Å². The standard InChI is InChI=1S/C20H23ClN6O4S/c1-5-18(28)26-6-7-27(32(4,30)31)19(12(26)2)13-8-15(25-17(21)9-13)14-10-16(20(29)22-3)24-11-23-14/h5,8-12,19H,1,6-7H2,2-4H3,(H,22,29)/t12-,19+/m1/s1. The van der Waals surface area contributed by atoms with Crippen molar-refractivity contribution in [1.82, 2.24) is 29.5 Å². The van der Waals surface area contributed by atoms with Gasteiger partial charge in [-0.15, -0.1) is 0 Å². The minimum atomic E-state index is -3.60. The molecule has 1 aliphatic heterocycles. The van der Waals surface area contributed by atoms with E-state index in [0.29, 0.717) is 17.0 Å². The van der Waals surface area contributed by atoms with E-state index >= 15 is 0 Å². The Bertz CT molecular complexity index is 1170. The van der Waals surface area contributed by atoms with Crippen molar-refractivity contribution in [2.24, 2.45) is 0 Å². The summed E-state index contributed by atoms with van der Waals surface area (Å²) in [5.41, 5.74) is 1.37. The van der Waals surface area contributed by atoms with E-state index in [2.05, 4.69) is 26.8 Å². The number of piperazine rings is 1. The number of pyridine rings is 1. The van der Waals surface area contributed by atoms with Crippen LogP contribution in [0.25, 0.3) is 11.4 Å². The first-order valence-electron chi connectivity index (χ1n) is 9.68. The maximum atomic E-state index is 12.5. The highest BCUT2D eigenvalue weighted by molar-refractivity contribution is 7.88. The third-order valence-corrected chi connectivity index (χ3v) is 6.71. The molecule has 1 N–H and O–H groups in total. The molecule has 3 rings (SSSR count). The van der Waals surface area contributed by atoms with Gasteiger partial charge in [-0.05, 0) is 36.8 Å². The molecule has 2 aromatic rings. The average Bonchev–Trinajstić information content (AvgIpc) is 2.76. The second-order valence-corrected chi connectivity index (χ2v) is 9.59. The monoisotopic (exact) mass is 478 g/mol. The maximum absolute atomic E-state index is 12.5. The summed E-state index contributed by atoms with van der Waals surface area (Å²) >= 11 is 6.29. The van der Waals surface area contributed by atoms with E-state index in [1.807, 2.05) is 0 Å². The summed E-state index contributed by atoms with van der Waals surface area (Å²) < 4.78 is 26.4. The van der Waals surface area contributed by atoms with Gasteiger partial charge in [-0.25, -0.2) is 23.4 Å². The smallest absolute Gasteiger partial charge is 0.269 e. The summed E-state index contributed by atoms with van der Waals surface area (Å²) in [6, 6.07) is 3.48. The molecule has 2 atom stereocenters. The van der Waals surface area contributed by atoms with Gasteiger partial charge in [0.15, 0.2) is 0 Å². The van der Waals surface area contributed by atoms with Gasteiger partial charge in [0.2, 0.25) is 15.9 Å². The summed E-state index contributed by atoms with van der Waals surface area (Å²) in [5, 5.41) is 2.61. The van der Waals surface area contributed by atoms with Gasteiger partial charge in [0, 0.05) is 26.2 Å². The lowest BCUT2D eigenvalue weighted by Gasteiger charge is -2.45. The lowest BCUT2D eigenvalue weighted by atomic mass is 9.96. The summed E-state index contributed by atoms with van der Waals surface area (Å²) in [4.78, 5) is 38.3. The molecule has 1 aliphatic rings. The fraction of sp³-hybridized carbons (Fsp3) is 0.350. The Morgan fingerprint density at radius 3 is 2.56 bits per heavy atom. The van der Waals surface area contributed by atoms with Crippen molar-refractivity contribution in [2.45, 2.75) is 19.0 Å². The molecule has 0 aliphatic carbocycles. The van der Waals surface area contributed by atoms with E-state index in [1.54, 1.807) is 24.0 Å². The van der Waals surface area contributed by atoms with Crippen LogP contribution in [-0.2, 0) is 14.8 Å². The van der Waals surface area contributed by atoms with Crippen LogP contribution < -0.4 is 5.32 Å². The number of hydrogen-bond donors (Lipinski definition) is 1. The molecule has 0 bridgehead atoms. The van der Waals surface area contributed by atoms with Crippen LogP contribution in [0.15, 0.2) is 37.2 Å². The summed E-state index contributed by atoms with van der Waals surface area (Å²) in [5.74, 6) is -0.680. The number of nitrogens with one attached hydrogen (secondary N) is 1. The molecule has 3 heterocycles. The summed E-state index contributed by atoms with van der Waals surface area (Å²) in [6.07, 6.45) is 3.57. The third-order valence-electron chi connectivity index (χ3n) is 5.25. The number of aromatic nitrogens is 3. The second-order valence-electron chi connectivity index (χ2n) is 7.27. The van der Waals surface area contributed by atoms with Crippen LogP contribution in [0.5, 0.6) is 0 Å². The van der Waals surface area contributed by atoms with Gasteiger partial charge in [0.05, 0.1) is 23.7 Å². The van der Waals surface area contributed by atoms with Crippen LogP contribution in [0.3, 0.4) is 0 Å². The summed E-state index contributed by atoms with van der Waals surface area (Å²) in [7, 11) is -2.11. The molecule has 1 fully saturated rings. The van der Waals surface area contributed by atoms with Crippen LogP contribution in [-0.4, -0.2) is 76.8 Å². The minimum Gasteiger partial charge on any atom is -0.354 e. The Hall–Kier alpha value is -2.89. The Morgan fingerprint density at radius 2 is 1.94 bits per heavy atom. The fourth-order valence-electron chi connectivity index (χ4n) is 3.77. The van der Waals surface area contributed by atoms with Crippen LogP contribution in [0.4, 0.5) is 0 Å². The van der Waals surface area contributed by atoms with Crippen molar-refractivity contribution in [1.29, 1.82) is 0 Å². The Labute approximate surface area is 191 Å². The van der Waals surface area contributed by atoms with Crippen molar-refractivity contribution in [3.63, 3.8) is 0 Å². The van der Waals surface area contributed by atoms with Gasteiger partial charge in [-0.2, -0.15) is 4.31 Å². The third kappa shape index (κ3) is 4.79. The number of carbonyl (C=O) groups is 2. The SMILES string of the molecule is C=CC(=O)N1CCN(S(C)(=O)=O)[C@H](c2cc(Cl)nc(-c3cc(C(=O)NC)ncn3)c2)[C@H]1C. The lowest BCUT2D eigenvalue weighted by Crippen LogP contribution is -2.56. The number of amides is 2. The minimum absolute atomic E-state index is 0.116. The van der Waals surface area contributed by atoms with Crippen molar-refractivity contribution in [2.75, 3.05) is 26.4 Å². The molecule has 32 heavy (non-hydrogen) atoms. The van der Waals surface area contributed by atoms with Gasteiger partial charge in [0.1, 0.15) is 17.2 Å². The zero-order valence-electron chi connectivity index (χ0n) is 17.8. The second kappa shape index (κ2) is 9.31. The molecule has 0 aromatic carbocycles. The zero-order valence-corrected chi connectivity index (χ0v) is 19.4. The highest BCUT2D eigenvalue weighted by atomic mass is 35.5. The highest BCUT2D eigenvalue weighted by Crippen LogP contribution is 2.35. The van der Waals surface area contributed by atoms with Crippen LogP contribution >= 0.6 is 11.6 Å². The van der Waals surface area contributed by atoms with E-state index < -0.39 is 28.0 Å². The quantitative estimate of drug-likeness (QED) is 0.506. The number of hydrogen-bond acceptors (Lipinski definition) is 7. The van der Waals surface area contributed by atoms with E-state index in [9.17, 15) is 18.0 Å². The Balaban J connectivity index is 2.12. The molecule has 0 spiro atoms. The number of rotatable bonds is 5. The molecule has 0 saturated carbocycles. The number of sulfonamides is 1. The maximum Gasteiger partial charge on any atom is 0.269 e. The van der Waals surface area contributed by atoms with Gasteiger partial charge >= 0.3 is 0 Å². The van der Waals surface area contributed by atoms with E-state index in [1.165, 1.54) is 29.8 Å². The highest BCUT2D eigenvalue weighted by Gasteiger charge is 2.40. The zero-order chi connectivity index (χ0) is 23.6. The molecule has 1 saturated heterocycles. The van der Waals surface area contributed by atoms with E-state index in [0.717, 1.165) is 6.26 Å². The van der Waals surface area contributed by atoms with E-state index in [4.69, 9.17) is 11.6 Å². The largest absolute Gasteiger partial charge is 0.354 e. The van der Waals surface area contributed by atoms with Crippen molar-refractivity contribution in [3.05, 3.63) is 53.6 Å². The molecule has 0 unspecified atom stereocenters. The van der Waals surface area contributed by atoms with Crippen LogP contribution in [0, 0.1) is 0 Å². The topological polar surface area (TPSA) is 125 Å². The molecule has 170 valence electrons. The molecular weight excluding hydrogens is 456 g/mol. The van der Waals surface area contributed by atoms with Gasteiger partial charge in [-0.3, -0.25) is 9.59 Å². The Kier molecular flexibility index (Phi) is 6.91. The number of nitrogens with zero attached hydrogens (tertiary/aromatic N) is 5. The van der Waals surface area contributed by atoms with Gasteiger partial charge in [-0.1, -0.05) is 18.2 Å². The molecular formula is C20H23ClN6O4S. The van der Waals surface area contributed by atoms with Gasteiger partial charge in [0.25, 0.3) is 5.91 Å². The molecule has 2 aromatic heterocycles. The lowest BCUT2D eigenvalue weighted by molar-refractivity contribution is -0.131. The van der Waals surface area contributed by atoms with Crippen molar-refractivity contribution in [3.8, 4) is 11.4 Å². The number of carbonyl (C=O) groups excluding carboxylic acids is 2. The average molecular weight is 479 g/mol. The molecule has 2 amide bonds. The number of halogens is 1. The van der Waals surface area contributed by atoms with Gasteiger partial charge < -0.3 is 10.2 Å². The molecule has 10 nitrogen and oxygen atoms in total. The Morgan fingerprint density at radius 1 is 1.22 bits per heavy atom. The first-order chi connectivity index (χ1) is 15.1. The van der Waals surface area contributed by atoms with Crippen molar-refractivity contribution >= 4 is 33.4 Å². The first-order valence-corrected chi connectivity index (χ1v) is 11.9.